The molecular weight excluding hydrogens is 232 g/mol. The molecule has 1 N–H and O–H groups in total. The summed E-state index contributed by atoms with van der Waals surface area (Å²) in [7, 11) is 0. The molecule has 108 valence electrons. The van der Waals surface area contributed by atoms with Crippen LogP contribution < -0.4 is 0 Å². The van der Waals surface area contributed by atoms with Crippen molar-refractivity contribution >= 4 is 0 Å². The Balaban J connectivity index is 3.04. The van der Waals surface area contributed by atoms with Crippen molar-refractivity contribution in [3.8, 4) is 0 Å². The van der Waals surface area contributed by atoms with Gasteiger partial charge in [-0.15, -0.1) is 13.2 Å². The van der Waals surface area contributed by atoms with E-state index in [-0.39, 0.29) is 5.41 Å². The first-order chi connectivity index (χ1) is 8.78. The van der Waals surface area contributed by atoms with Crippen LogP contribution in [0.15, 0.2) is 37.5 Å². The highest BCUT2D eigenvalue weighted by Crippen LogP contribution is 2.54. The van der Waals surface area contributed by atoms with Crippen molar-refractivity contribution in [2.45, 2.75) is 58.5 Å². The van der Waals surface area contributed by atoms with Crippen molar-refractivity contribution in [2.24, 2.45) is 17.3 Å². The Morgan fingerprint density at radius 2 is 1.95 bits per heavy atom. The average molecular weight is 262 g/mol. The molecule has 1 aliphatic rings. The van der Waals surface area contributed by atoms with Gasteiger partial charge in [0.25, 0.3) is 0 Å². The highest BCUT2D eigenvalue weighted by molar-refractivity contribution is 5.11. The molecule has 1 nitrogen and oxygen atoms in total. The van der Waals surface area contributed by atoms with E-state index in [9.17, 15) is 5.11 Å². The lowest BCUT2D eigenvalue weighted by Gasteiger charge is -2.54. The van der Waals surface area contributed by atoms with E-state index in [1.165, 1.54) is 5.57 Å². The van der Waals surface area contributed by atoms with Crippen molar-refractivity contribution < 1.29 is 5.11 Å². The van der Waals surface area contributed by atoms with Crippen LogP contribution in [0.25, 0.3) is 0 Å². The van der Waals surface area contributed by atoms with Gasteiger partial charge in [-0.3, -0.25) is 0 Å². The molecule has 0 amide bonds. The number of hydrogen-bond donors (Lipinski definition) is 1. The fourth-order valence-corrected chi connectivity index (χ4v) is 3.53. The Labute approximate surface area is 119 Å². The van der Waals surface area contributed by atoms with Crippen LogP contribution in [0.4, 0.5) is 0 Å². The maximum atomic E-state index is 11.1. The summed E-state index contributed by atoms with van der Waals surface area (Å²) in [4.78, 5) is 0. The number of rotatable bonds is 6. The zero-order valence-corrected chi connectivity index (χ0v) is 12.9. The molecule has 1 heteroatoms. The maximum Gasteiger partial charge on any atom is 0.0740 e. The molecule has 0 heterocycles. The molecule has 3 atom stereocenters. The molecule has 19 heavy (non-hydrogen) atoms. The highest BCUT2D eigenvalue weighted by Gasteiger charge is 2.52. The molecule has 1 fully saturated rings. The molecular formula is C18H30O. The molecule has 0 radical (unpaired) electrons. The van der Waals surface area contributed by atoms with E-state index in [0.29, 0.717) is 18.3 Å². The Morgan fingerprint density at radius 3 is 2.42 bits per heavy atom. The standard InChI is InChI=1S/C18H30O/c1-7-9-10-16-12-15(14(3)4)13-18(19,11-8-2)17(16,5)6/h7-8,15-16,19H,1-3,9-13H2,4-6H3/t15-,16+,18+/m0/s1. The van der Waals surface area contributed by atoms with Crippen molar-refractivity contribution in [2.75, 3.05) is 0 Å². The van der Waals surface area contributed by atoms with Crippen LogP contribution in [0.3, 0.4) is 0 Å². The normalized spacial score (nSPS) is 33.7. The second kappa shape index (κ2) is 6.09. The van der Waals surface area contributed by atoms with Crippen LogP contribution in [0.2, 0.25) is 0 Å². The first kappa shape index (κ1) is 16.2. The first-order valence-corrected chi connectivity index (χ1v) is 7.38. The lowest BCUT2D eigenvalue weighted by molar-refractivity contribution is -0.138. The van der Waals surface area contributed by atoms with Crippen LogP contribution in [0, 0.1) is 17.3 Å². The lowest BCUT2D eigenvalue weighted by atomic mass is 9.54. The first-order valence-electron chi connectivity index (χ1n) is 7.38. The number of hydrogen-bond acceptors (Lipinski definition) is 1. The van der Waals surface area contributed by atoms with Gasteiger partial charge in [-0.1, -0.05) is 38.2 Å². The topological polar surface area (TPSA) is 20.2 Å². The second-order valence-electron chi connectivity index (χ2n) is 6.79. The van der Waals surface area contributed by atoms with Gasteiger partial charge in [0.1, 0.15) is 0 Å². The van der Waals surface area contributed by atoms with Crippen molar-refractivity contribution in [3.63, 3.8) is 0 Å². The SMILES string of the molecule is C=CCC[C@@H]1C[C@H](C(=C)C)C[C@](O)(CC=C)C1(C)C. The van der Waals surface area contributed by atoms with Gasteiger partial charge in [0.05, 0.1) is 5.60 Å². The lowest BCUT2D eigenvalue weighted by Crippen LogP contribution is -2.54. The van der Waals surface area contributed by atoms with Gasteiger partial charge in [0.2, 0.25) is 0 Å². The van der Waals surface area contributed by atoms with Gasteiger partial charge < -0.3 is 5.11 Å². The van der Waals surface area contributed by atoms with Gasteiger partial charge in [-0.25, -0.2) is 0 Å². The minimum atomic E-state index is -0.664. The Bertz CT molecular complexity index is 353. The van der Waals surface area contributed by atoms with Crippen LogP contribution in [0.1, 0.15) is 52.9 Å². The second-order valence-corrected chi connectivity index (χ2v) is 6.79. The largest absolute Gasteiger partial charge is 0.389 e. The summed E-state index contributed by atoms with van der Waals surface area (Å²) in [5.41, 5.74) is 0.445. The smallest absolute Gasteiger partial charge is 0.0740 e. The maximum absolute atomic E-state index is 11.1. The monoisotopic (exact) mass is 262 g/mol. The number of allylic oxidation sites excluding steroid dienone is 2. The molecule has 0 bridgehead atoms. The Kier molecular flexibility index (Phi) is 5.20. The molecule has 1 rings (SSSR count). The minimum Gasteiger partial charge on any atom is -0.389 e. The van der Waals surface area contributed by atoms with Gasteiger partial charge in [-0.05, 0) is 56.3 Å². The molecule has 0 saturated heterocycles. The highest BCUT2D eigenvalue weighted by atomic mass is 16.3. The van der Waals surface area contributed by atoms with Gasteiger partial charge in [0.15, 0.2) is 0 Å². The summed E-state index contributed by atoms with van der Waals surface area (Å²) in [6.07, 6.45) is 8.55. The van der Waals surface area contributed by atoms with E-state index in [4.69, 9.17) is 0 Å². The molecule has 0 aromatic heterocycles. The predicted molar refractivity (Wildman–Crippen MR) is 84.0 cm³/mol. The fraction of sp³-hybridized carbons (Fsp3) is 0.667. The molecule has 1 aliphatic carbocycles. The summed E-state index contributed by atoms with van der Waals surface area (Å²) < 4.78 is 0. The fourth-order valence-electron chi connectivity index (χ4n) is 3.53. The zero-order valence-electron chi connectivity index (χ0n) is 12.9. The molecule has 0 aromatic rings. The van der Waals surface area contributed by atoms with Crippen molar-refractivity contribution in [1.82, 2.24) is 0 Å². The van der Waals surface area contributed by atoms with E-state index in [1.54, 1.807) is 0 Å². The van der Waals surface area contributed by atoms with E-state index in [1.807, 2.05) is 12.2 Å². The number of aliphatic hydroxyl groups is 1. The molecule has 0 aliphatic heterocycles. The zero-order chi connectivity index (χ0) is 14.7. The van der Waals surface area contributed by atoms with Crippen molar-refractivity contribution in [1.29, 1.82) is 0 Å². The van der Waals surface area contributed by atoms with Gasteiger partial charge in [-0.2, -0.15) is 0 Å². The van der Waals surface area contributed by atoms with E-state index in [0.717, 1.165) is 25.7 Å². The van der Waals surface area contributed by atoms with Crippen LogP contribution in [-0.4, -0.2) is 10.7 Å². The van der Waals surface area contributed by atoms with Crippen LogP contribution >= 0.6 is 0 Å². The van der Waals surface area contributed by atoms with E-state index < -0.39 is 5.60 Å². The predicted octanol–water partition coefficient (Wildman–Crippen LogP) is 4.89. The summed E-state index contributed by atoms with van der Waals surface area (Å²) in [6, 6.07) is 0. The molecule has 0 spiro atoms. The van der Waals surface area contributed by atoms with Crippen LogP contribution in [0.5, 0.6) is 0 Å². The van der Waals surface area contributed by atoms with E-state index >= 15 is 0 Å². The third kappa shape index (κ3) is 3.20. The Hall–Kier alpha value is -0.820. The molecule has 0 unspecified atom stereocenters. The third-order valence-electron chi connectivity index (χ3n) is 5.27. The average Bonchev–Trinajstić information content (AvgIpc) is 2.31. The van der Waals surface area contributed by atoms with Gasteiger partial charge in [0, 0.05) is 0 Å². The van der Waals surface area contributed by atoms with Crippen LogP contribution in [-0.2, 0) is 0 Å². The summed E-state index contributed by atoms with van der Waals surface area (Å²) >= 11 is 0. The van der Waals surface area contributed by atoms with Gasteiger partial charge >= 0.3 is 0 Å². The summed E-state index contributed by atoms with van der Waals surface area (Å²) in [5, 5.41) is 11.1. The van der Waals surface area contributed by atoms with Crippen molar-refractivity contribution in [3.05, 3.63) is 37.5 Å². The quantitative estimate of drug-likeness (QED) is 0.676. The Morgan fingerprint density at radius 1 is 1.32 bits per heavy atom. The summed E-state index contributed by atoms with van der Waals surface area (Å²) in [5.74, 6) is 0.929. The minimum absolute atomic E-state index is 0.0872. The molecule has 1 saturated carbocycles. The molecule has 0 aromatic carbocycles. The third-order valence-corrected chi connectivity index (χ3v) is 5.27. The van der Waals surface area contributed by atoms with E-state index in [2.05, 4.69) is 40.5 Å². The summed E-state index contributed by atoms with van der Waals surface area (Å²) in [6.45, 7) is 18.3.